The van der Waals surface area contributed by atoms with E-state index in [0.717, 1.165) is 37.5 Å². The monoisotopic (exact) mass is 228 g/mol. The first kappa shape index (κ1) is 11.0. The first-order chi connectivity index (χ1) is 7.20. The van der Waals surface area contributed by atoms with Crippen molar-refractivity contribution in [2.75, 3.05) is 13.1 Å². The molecule has 84 valence electrons. The molecule has 0 fully saturated rings. The molecule has 1 aliphatic heterocycles. The van der Waals surface area contributed by atoms with E-state index in [1.54, 1.807) is 0 Å². The summed E-state index contributed by atoms with van der Waals surface area (Å²) >= 11 is 5.82. The van der Waals surface area contributed by atoms with Gasteiger partial charge in [0.05, 0.1) is 5.88 Å². The molecule has 0 bridgehead atoms. The highest BCUT2D eigenvalue weighted by Gasteiger charge is 2.23. The van der Waals surface area contributed by atoms with Gasteiger partial charge in [-0.3, -0.25) is 4.90 Å². The molecule has 0 saturated carbocycles. The Morgan fingerprint density at radius 3 is 3.00 bits per heavy atom. The van der Waals surface area contributed by atoms with Gasteiger partial charge in [0.25, 0.3) is 0 Å². The standard InChI is InChI=1S/C11H17ClN2O/c1-8(2)6-14-4-3-11-9(7-14)10(5-12)13-15-11/h8H,3-7H2,1-2H3. The Morgan fingerprint density at radius 2 is 2.33 bits per heavy atom. The Morgan fingerprint density at radius 1 is 1.53 bits per heavy atom. The highest BCUT2D eigenvalue weighted by atomic mass is 35.5. The molecule has 0 radical (unpaired) electrons. The van der Waals surface area contributed by atoms with Gasteiger partial charge < -0.3 is 4.52 Å². The van der Waals surface area contributed by atoms with Crippen LogP contribution in [0.15, 0.2) is 4.52 Å². The summed E-state index contributed by atoms with van der Waals surface area (Å²) in [7, 11) is 0. The molecule has 0 aromatic carbocycles. The number of alkyl halides is 1. The molecule has 0 atom stereocenters. The molecule has 0 aliphatic carbocycles. The van der Waals surface area contributed by atoms with Crippen molar-refractivity contribution in [1.29, 1.82) is 0 Å². The molecule has 4 heteroatoms. The third-order valence-electron chi connectivity index (χ3n) is 2.74. The fourth-order valence-electron chi connectivity index (χ4n) is 2.10. The van der Waals surface area contributed by atoms with E-state index in [1.165, 1.54) is 5.56 Å². The van der Waals surface area contributed by atoms with E-state index in [4.69, 9.17) is 16.1 Å². The zero-order valence-electron chi connectivity index (χ0n) is 9.29. The summed E-state index contributed by atoms with van der Waals surface area (Å²) in [6.07, 6.45) is 0.964. The topological polar surface area (TPSA) is 29.3 Å². The minimum Gasteiger partial charge on any atom is -0.361 e. The fourth-order valence-corrected chi connectivity index (χ4v) is 2.31. The van der Waals surface area contributed by atoms with Gasteiger partial charge in [0, 0.05) is 31.6 Å². The Bertz CT molecular complexity index is 322. The van der Waals surface area contributed by atoms with Crippen LogP contribution in [0.5, 0.6) is 0 Å². The van der Waals surface area contributed by atoms with Crippen LogP contribution in [-0.4, -0.2) is 23.1 Å². The first-order valence-electron chi connectivity index (χ1n) is 5.45. The lowest BCUT2D eigenvalue weighted by Crippen LogP contribution is -2.33. The van der Waals surface area contributed by atoms with Crippen molar-refractivity contribution < 1.29 is 4.52 Å². The average molecular weight is 229 g/mol. The van der Waals surface area contributed by atoms with Gasteiger partial charge in [-0.05, 0) is 5.92 Å². The van der Waals surface area contributed by atoms with E-state index in [0.29, 0.717) is 11.8 Å². The number of aromatic nitrogens is 1. The van der Waals surface area contributed by atoms with Gasteiger partial charge in [0.1, 0.15) is 11.5 Å². The molecule has 0 unspecified atom stereocenters. The quantitative estimate of drug-likeness (QED) is 0.745. The summed E-state index contributed by atoms with van der Waals surface area (Å²) in [5.41, 5.74) is 2.14. The smallest absolute Gasteiger partial charge is 0.142 e. The summed E-state index contributed by atoms with van der Waals surface area (Å²) in [6.45, 7) is 7.63. The van der Waals surface area contributed by atoms with Crippen LogP contribution in [0.25, 0.3) is 0 Å². The van der Waals surface area contributed by atoms with Crippen LogP contribution >= 0.6 is 11.6 Å². The van der Waals surface area contributed by atoms with Gasteiger partial charge in [-0.25, -0.2) is 0 Å². The number of nitrogens with zero attached hydrogens (tertiary/aromatic N) is 2. The van der Waals surface area contributed by atoms with E-state index in [-0.39, 0.29) is 0 Å². The van der Waals surface area contributed by atoms with Crippen molar-refractivity contribution in [3.05, 3.63) is 17.0 Å². The highest BCUT2D eigenvalue weighted by molar-refractivity contribution is 6.17. The Balaban J connectivity index is 2.10. The molecule has 3 nitrogen and oxygen atoms in total. The predicted molar refractivity (Wildman–Crippen MR) is 59.9 cm³/mol. The molecular formula is C11H17ClN2O. The van der Waals surface area contributed by atoms with Crippen molar-refractivity contribution in [2.45, 2.75) is 32.7 Å². The number of halogens is 1. The second kappa shape index (κ2) is 4.54. The van der Waals surface area contributed by atoms with Crippen molar-refractivity contribution >= 4 is 11.6 Å². The van der Waals surface area contributed by atoms with Crippen LogP contribution in [-0.2, 0) is 18.8 Å². The largest absolute Gasteiger partial charge is 0.361 e. The van der Waals surface area contributed by atoms with Crippen molar-refractivity contribution in [1.82, 2.24) is 10.1 Å². The molecule has 0 spiro atoms. The van der Waals surface area contributed by atoms with Gasteiger partial charge in [-0.15, -0.1) is 11.6 Å². The van der Waals surface area contributed by atoms with Gasteiger partial charge in [-0.2, -0.15) is 0 Å². The van der Waals surface area contributed by atoms with Crippen LogP contribution in [0, 0.1) is 5.92 Å². The number of fused-ring (bicyclic) bond motifs is 1. The molecule has 0 amide bonds. The molecule has 1 aromatic heterocycles. The summed E-state index contributed by atoms with van der Waals surface area (Å²) < 4.78 is 5.27. The normalized spacial score (nSPS) is 17.1. The lowest BCUT2D eigenvalue weighted by Gasteiger charge is -2.27. The van der Waals surface area contributed by atoms with Crippen molar-refractivity contribution in [3.8, 4) is 0 Å². The van der Waals surface area contributed by atoms with Crippen molar-refractivity contribution in [2.24, 2.45) is 5.92 Å². The SMILES string of the molecule is CC(C)CN1CCc2onc(CCl)c2C1. The minimum absolute atomic E-state index is 0.453. The van der Waals surface area contributed by atoms with Gasteiger partial charge in [-0.1, -0.05) is 19.0 Å². The third-order valence-corrected chi connectivity index (χ3v) is 2.99. The Kier molecular flexibility index (Phi) is 3.32. The van der Waals surface area contributed by atoms with E-state index < -0.39 is 0 Å². The summed E-state index contributed by atoms with van der Waals surface area (Å²) in [4.78, 5) is 2.44. The first-order valence-corrected chi connectivity index (χ1v) is 5.98. The van der Waals surface area contributed by atoms with E-state index in [2.05, 4.69) is 23.9 Å². The fraction of sp³-hybridized carbons (Fsp3) is 0.727. The Labute approximate surface area is 95.4 Å². The zero-order valence-corrected chi connectivity index (χ0v) is 10.0. The van der Waals surface area contributed by atoms with E-state index in [1.807, 2.05) is 0 Å². The maximum absolute atomic E-state index is 5.82. The molecule has 0 N–H and O–H groups in total. The number of rotatable bonds is 3. The molecule has 2 rings (SSSR count). The van der Waals surface area contributed by atoms with Gasteiger partial charge in [0.15, 0.2) is 0 Å². The number of hydrogen-bond donors (Lipinski definition) is 0. The predicted octanol–water partition coefficient (Wildman–Crippen LogP) is 2.43. The third kappa shape index (κ3) is 2.34. The van der Waals surface area contributed by atoms with Crippen LogP contribution in [0.1, 0.15) is 30.9 Å². The van der Waals surface area contributed by atoms with Crippen molar-refractivity contribution in [3.63, 3.8) is 0 Å². The second-order valence-corrected chi connectivity index (χ2v) is 4.81. The van der Waals surface area contributed by atoms with Crippen LogP contribution in [0.4, 0.5) is 0 Å². The number of hydrogen-bond acceptors (Lipinski definition) is 3. The second-order valence-electron chi connectivity index (χ2n) is 4.54. The maximum Gasteiger partial charge on any atom is 0.142 e. The maximum atomic E-state index is 5.82. The molecule has 15 heavy (non-hydrogen) atoms. The molecule has 1 aromatic rings. The zero-order chi connectivity index (χ0) is 10.8. The van der Waals surface area contributed by atoms with Crippen LogP contribution < -0.4 is 0 Å². The average Bonchev–Trinajstić information content (AvgIpc) is 2.59. The van der Waals surface area contributed by atoms with Gasteiger partial charge >= 0.3 is 0 Å². The molecule has 0 saturated heterocycles. The minimum atomic E-state index is 0.453. The van der Waals surface area contributed by atoms with E-state index >= 15 is 0 Å². The summed E-state index contributed by atoms with van der Waals surface area (Å²) in [5.74, 6) is 2.19. The van der Waals surface area contributed by atoms with E-state index in [9.17, 15) is 0 Å². The van der Waals surface area contributed by atoms with Crippen LogP contribution in [0.2, 0.25) is 0 Å². The lowest BCUT2D eigenvalue weighted by atomic mass is 10.1. The molecule has 1 aliphatic rings. The summed E-state index contributed by atoms with van der Waals surface area (Å²) in [6, 6.07) is 0. The Hall–Kier alpha value is -0.540. The molecular weight excluding hydrogens is 212 g/mol. The van der Waals surface area contributed by atoms with Crippen LogP contribution in [0.3, 0.4) is 0 Å². The lowest BCUT2D eigenvalue weighted by molar-refractivity contribution is 0.213. The summed E-state index contributed by atoms with van der Waals surface area (Å²) in [5, 5.41) is 4.00. The molecule has 2 heterocycles. The van der Waals surface area contributed by atoms with Gasteiger partial charge in [0.2, 0.25) is 0 Å². The highest BCUT2D eigenvalue weighted by Crippen LogP contribution is 2.23.